The van der Waals surface area contributed by atoms with Gasteiger partial charge in [0.2, 0.25) is 0 Å². The van der Waals surface area contributed by atoms with E-state index in [1.165, 1.54) is 23.3 Å². The summed E-state index contributed by atoms with van der Waals surface area (Å²) in [7, 11) is 0. The Labute approximate surface area is 137 Å². The monoisotopic (exact) mass is 313 g/mol. The van der Waals surface area contributed by atoms with E-state index in [1.807, 2.05) is 12.1 Å². The Hall–Kier alpha value is -1.91. The van der Waals surface area contributed by atoms with Gasteiger partial charge in [-0.3, -0.25) is 4.90 Å². The molecule has 1 aliphatic heterocycles. The SMILES string of the molecule is Cc1cccc(C(CN)N2CCN(c3ccc(F)cc3)CC2)c1. The van der Waals surface area contributed by atoms with Gasteiger partial charge in [-0.05, 0) is 36.8 Å². The van der Waals surface area contributed by atoms with Crippen LogP contribution < -0.4 is 10.6 Å². The fourth-order valence-electron chi connectivity index (χ4n) is 3.32. The number of nitrogens with zero attached hydrogens (tertiary/aromatic N) is 2. The normalized spacial score (nSPS) is 17.3. The van der Waals surface area contributed by atoms with Crippen LogP contribution in [0.5, 0.6) is 0 Å². The van der Waals surface area contributed by atoms with Crippen molar-refractivity contribution in [2.24, 2.45) is 5.73 Å². The Morgan fingerprint density at radius 2 is 1.74 bits per heavy atom. The minimum atomic E-state index is -0.185. The van der Waals surface area contributed by atoms with Crippen molar-refractivity contribution in [1.82, 2.24) is 4.90 Å². The van der Waals surface area contributed by atoms with Gasteiger partial charge in [-0.2, -0.15) is 0 Å². The summed E-state index contributed by atoms with van der Waals surface area (Å²) in [5, 5.41) is 0. The summed E-state index contributed by atoms with van der Waals surface area (Å²) in [6.45, 7) is 6.55. The van der Waals surface area contributed by atoms with Crippen LogP contribution in [0.3, 0.4) is 0 Å². The average molecular weight is 313 g/mol. The molecule has 0 bridgehead atoms. The lowest BCUT2D eigenvalue weighted by atomic mass is 10.0. The Kier molecular flexibility index (Phi) is 4.94. The molecule has 4 heteroatoms. The van der Waals surface area contributed by atoms with Crippen molar-refractivity contribution in [3.8, 4) is 0 Å². The van der Waals surface area contributed by atoms with Crippen molar-refractivity contribution >= 4 is 5.69 Å². The summed E-state index contributed by atoms with van der Waals surface area (Å²) in [6.07, 6.45) is 0. The van der Waals surface area contributed by atoms with E-state index in [4.69, 9.17) is 5.73 Å². The first-order valence-electron chi connectivity index (χ1n) is 8.18. The van der Waals surface area contributed by atoms with E-state index in [0.29, 0.717) is 6.54 Å². The summed E-state index contributed by atoms with van der Waals surface area (Å²) >= 11 is 0. The molecule has 1 aliphatic rings. The van der Waals surface area contributed by atoms with E-state index in [9.17, 15) is 4.39 Å². The third-order valence-corrected chi connectivity index (χ3v) is 4.60. The number of hydrogen-bond donors (Lipinski definition) is 1. The van der Waals surface area contributed by atoms with Crippen LogP contribution in [0.1, 0.15) is 17.2 Å². The van der Waals surface area contributed by atoms with E-state index in [0.717, 1.165) is 31.9 Å². The molecule has 2 aromatic carbocycles. The lowest BCUT2D eigenvalue weighted by molar-refractivity contribution is 0.190. The summed E-state index contributed by atoms with van der Waals surface area (Å²) < 4.78 is 13.0. The van der Waals surface area contributed by atoms with Crippen LogP contribution >= 0.6 is 0 Å². The van der Waals surface area contributed by atoms with Crippen LogP contribution in [0, 0.1) is 12.7 Å². The van der Waals surface area contributed by atoms with Gasteiger partial charge >= 0.3 is 0 Å². The molecule has 3 rings (SSSR count). The minimum Gasteiger partial charge on any atom is -0.369 e. The molecule has 3 nitrogen and oxygen atoms in total. The molecule has 23 heavy (non-hydrogen) atoms. The maximum absolute atomic E-state index is 13.0. The lowest BCUT2D eigenvalue weighted by Gasteiger charge is -2.40. The zero-order valence-corrected chi connectivity index (χ0v) is 13.6. The van der Waals surface area contributed by atoms with Gasteiger partial charge in [-0.25, -0.2) is 4.39 Å². The van der Waals surface area contributed by atoms with Gasteiger partial charge in [0.05, 0.1) is 0 Å². The molecule has 2 N–H and O–H groups in total. The van der Waals surface area contributed by atoms with Gasteiger partial charge < -0.3 is 10.6 Å². The Balaban J connectivity index is 1.66. The maximum Gasteiger partial charge on any atom is 0.123 e. The van der Waals surface area contributed by atoms with E-state index in [-0.39, 0.29) is 11.9 Å². The highest BCUT2D eigenvalue weighted by Gasteiger charge is 2.24. The number of hydrogen-bond acceptors (Lipinski definition) is 3. The number of aryl methyl sites for hydroxylation is 1. The molecule has 0 amide bonds. The molecule has 122 valence electrons. The van der Waals surface area contributed by atoms with Gasteiger partial charge in [0, 0.05) is 44.5 Å². The second-order valence-corrected chi connectivity index (χ2v) is 6.17. The standard InChI is InChI=1S/C19H24FN3/c1-15-3-2-4-16(13-15)19(14-21)23-11-9-22(10-12-23)18-7-5-17(20)6-8-18/h2-8,13,19H,9-12,14,21H2,1H3. The van der Waals surface area contributed by atoms with Crippen molar-refractivity contribution < 1.29 is 4.39 Å². The van der Waals surface area contributed by atoms with Gasteiger partial charge in [0.15, 0.2) is 0 Å². The second-order valence-electron chi connectivity index (χ2n) is 6.17. The van der Waals surface area contributed by atoms with Gasteiger partial charge in [-0.15, -0.1) is 0 Å². The van der Waals surface area contributed by atoms with Crippen LogP contribution in [0.4, 0.5) is 10.1 Å². The molecule has 0 aromatic heterocycles. The largest absolute Gasteiger partial charge is 0.369 e. The molecule has 2 aromatic rings. The molecule has 0 aliphatic carbocycles. The second kappa shape index (κ2) is 7.11. The maximum atomic E-state index is 13.0. The highest BCUT2D eigenvalue weighted by molar-refractivity contribution is 5.46. The summed E-state index contributed by atoms with van der Waals surface area (Å²) in [5.41, 5.74) is 9.70. The number of benzene rings is 2. The van der Waals surface area contributed by atoms with E-state index < -0.39 is 0 Å². The first kappa shape index (κ1) is 16.0. The number of piperazine rings is 1. The smallest absolute Gasteiger partial charge is 0.123 e. The predicted molar refractivity (Wildman–Crippen MR) is 93.2 cm³/mol. The van der Waals surface area contributed by atoms with Crippen LogP contribution in [0.25, 0.3) is 0 Å². The molecule has 0 spiro atoms. The van der Waals surface area contributed by atoms with E-state index in [2.05, 4.69) is 41.0 Å². The molecular weight excluding hydrogens is 289 g/mol. The third-order valence-electron chi connectivity index (χ3n) is 4.60. The molecule has 1 heterocycles. The zero-order chi connectivity index (χ0) is 16.2. The van der Waals surface area contributed by atoms with Crippen molar-refractivity contribution in [3.63, 3.8) is 0 Å². The number of nitrogens with two attached hydrogens (primary N) is 1. The first-order valence-corrected chi connectivity index (χ1v) is 8.18. The average Bonchev–Trinajstić information content (AvgIpc) is 2.57. The van der Waals surface area contributed by atoms with E-state index in [1.54, 1.807) is 0 Å². The van der Waals surface area contributed by atoms with Crippen LogP contribution in [0.15, 0.2) is 48.5 Å². The first-order chi connectivity index (χ1) is 11.2. The molecule has 1 fully saturated rings. The molecule has 1 unspecified atom stereocenters. The summed E-state index contributed by atoms with van der Waals surface area (Å²) in [4.78, 5) is 4.76. The number of anilines is 1. The fraction of sp³-hybridized carbons (Fsp3) is 0.368. The Morgan fingerprint density at radius 3 is 2.35 bits per heavy atom. The highest BCUT2D eigenvalue weighted by Crippen LogP contribution is 2.24. The molecule has 1 saturated heterocycles. The predicted octanol–water partition coefficient (Wildman–Crippen LogP) is 2.96. The van der Waals surface area contributed by atoms with E-state index >= 15 is 0 Å². The van der Waals surface area contributed by atoms with Crippen molar-refractivity contribution in [2.45, 2.75) is 13.0 Å². The molecule has 0 saturated carbocycles. The third kappa shape index (κ3) is 3.71. The van der Waals surface area contributed by atoms with Gasteiger partial charge in [0.1, 0.15) is 5.82 Å². The number of rotatable bonds is 4. The van der Waals surface area contributed by atoms with Gasteiger partial charge in [-0.1, -0.05) is 29.8 Å². The molecule has 0 radical (unpaired) electrons. The topological polar surface area (TPSA) is 32.5 Å². The quantitative estimate of drug-likeness (QED) is 0.942. The summed E-state index contributed by atoms with van der Waals surface area (Å²) in [5.74, 6) is -0.185. The van der Waals surface area contributed by atoms with Gasteiger partial charge in [0.25, 0.3) is 0 Å². The minimum absolute atomic E-state index is 0.185. The Bertz CT molecular complexity index is 633. The lowest BCUT2D eigenvalue weighted by Crippen LogP contribution is -2.49. The van der Waals surface area contributed by atoms with Crippen molar-refractivity contribution in [1.29, 1.82) is 0 Å². The van der Waals surface area contributed by atoms with Crippen molar-refractivity contribution in [3.05, 3.63) is 65.5 Å². The van der Waals surface area contributed by atoms with Crippen LogP contribution in [-0.2, 0) is 0 Å². The fourth-order valence-corrected chi connectivity index (χ4v) is 3.32. The highest BCUT2D eigenvalue weighted by atomic mass is 19.1. The van der Waals surface area contributed by atoms with Crippen LogP contribution in [0.2, 0.25) is 0 Å². The molecule has 1 atom stereocenters. The van der Waals surface area contributed by atoms with Crippen LogP contribution in [-0.4, -0.2) is 37.6 Å². The molecular formula is C19H24FN3. The Morgan fingerprint density at radius 1 is 1.04 bits per heavy atom. The number of halogens is 1. The van der Waals surface area contributed by atoms with Crippen molar-refractivity contribution in [2.75, 3.05) is 37.6 Å². The summed E-state index contributed by atoms with van der Waals surface area (Å²) in [6, 6.07) is 15.6. The zero-order valence-electron chi connectivity index (χ0n) is 13.6.